The van der Waals surface area contributed by atoms with Crippen LogP contribution in [0.3, 0.4) is 0 Å². The van der Waals surface area contributed by atoms with Gasteiger partial charge in [0.25, 0.3) is 0 Å². The first-order valence-corrected chi connectivity index (χ1v) is 6.07. The van der Waals surface area contributed by atoms with Gasteiger partial charge >= 0.3 is 5.97 Å². The second-order valence-electron chi connectivity index (χ2n) is 4.17. The molecule has 19 heavy (non-hydrogen) atoms. The topological polar surface area (TPSA) is 51.2 Å². The summed E-state index contributed by atoms with van der Waals surface area (Å²) in [5.41, 5.74) is 1.57. The number of hydrogen-bond acceptors (Lipinski definition) is 4. The third kappa shape index (κ3) is 3.10. The molecule has 4 nitrogen and oxygen atoms in total. The Morgan fingerprint density at radius 2 is 1.95 bits per heavy atom. The van der Waals surface area contributed by atoms with Crippen molar-refractivity contribution in [2.24, 2.45) is 0 Å². The number of pyridine rings is 1. The molecule has 0 amide bonds. The normalized spacial score (nSPS) is 11.7. The minimum Gasteiger partial charge on any atom is -0.465 e. The van der Waals surface area contributed by atoms with E-state index in [2.05, 4.69) is 10.3 Å². The van der Waals surface area contributed by atoms with Crippen LogP contribution in [0.15, 0.2) is 48.7 Å². The van der Waals surface area contributed by atoms with Crippen molar-refractivity contribution < 1.29 is 9.53 Å². The van der Waals surface area contributed by atoms with E-state index in [0.29, 0.717) is 11.4 Å². The largest absolute Gasteiger partial charge is 0.465 e. The standard InChI is InChI=1S/C15H16N2O2/c1-11(12-7-4-3-5-8-12)17-14-13(15(18)19-2)9-6-10-16-14/h3-11H,1-2H3,(H,16,17). The molecule has 1 unspecified atom stereocenters. The quantitative estimate of drug-likeness (QED) is 0.854. The summed E-state index contributed by atoms with van der Waals surface area (Å²) in [5.74, 6) is 0.140. The summed E-state index contributed by atoms with van der Waals surface area (Å²) >= 11 is 0. The number of anilines is 1. The molecule has 4 heteroatoms. The Bertz CT molecular complexity index is 555. The molecular formula is C15H16N2O2. The second kappa shape index (κ2) is 6.00. The summed E-state index contributed by atoms with van der Waals surface area (Å²) in [7, 11) is 1.36. The van der Waals surface area contributed by atoms with Gasteiger partial charge in [-0.25, -0.2) is 9.78 Å². The molecule has 0 spiro atoms. The molecule has 0 fully saturated rings. The van der Waals surface area contributed by atoms with E-state index in [4.69, 9.17) is 4.74 Å². The molecule has 1 aromatic heterocycles. The highest BCUT2D eigenvalue weighted by Crippen LogP contribution is 2.20. The van der Waals surface area contributed by atoms with Crippen molar-refractivity contribution in [2.75, 3.05) is 12.4 Å². The van der Waals surface area contributed by atoms with Crippen LogP contribution in [0.25, 0.3) is 0 Å². The maximum atomic E-state index is 11.7. The summed E-state index contributed by atoms with van der Waals surface area (Å²) in [6.07, 6.45) is 1.65. The first-order valence-electron chi connectivity index (χ1n) is 6.07. The van der Waals surface area contributed by atoms with Crippen molar-refractivity contribution >= 4 is 11.8 Å². The zero-order valence-electron chi connectivity index (χ0n) is 11.0. The number of benzene rings is 1. The Hall–Kier alpha value is -2.36. The molecule has 1 heterocycles. The lowest BCUT2D eigenvalue weighted by Crippen LogP contribution is -2.13. The van der Waals surface area contributed by atoms with E-state index >= 15 is 0 Å². The SMILES string of the molecule is COC(=O)c1cccnc1NC(C)c1ccccc1. The number of aromatic nitrogens is 1. The Morgan fingerprint density at radius 1 is 1.21 bits per heavy atom. The van der Waals surface area contributed by atoms with Gasteiger partial charge in [-0.1, -0.05) is 30.3 Å². The van der Waals surface area contributed by atoms with E-state index in [1.165, 1.54) is 7.11 Å². The van der Waals surface area contributed by atoms with Gasteiger partial charge < -0.3 is 10.1 Å². The monoisotopic (exact) mass is 256 g/mol. The Morgan fingerprint density at radius 3 is 2.63 bits per heavy atom. The zero-order valence-corrected chi connectivity index (χ0v) is 11.0. The first-order chi connectivity index (χ1) is 9.22. The third-order valence-electron chi connectivity index (χ3n) is 2.87. The zero-order chi connectivity index (χ0) is 13.7. The number of methoxy groups -OCH3 is 1. The molecule has 1 atom stereocenters. The van der Waals surface area contributed by atoms with Gasteiger partial charge in [0.05, 0.1) is 7.11 Å². The Labute approximate surface area is 112 Å². The highest BCUT2D eigenvalue weighted by molar-refractivity contribution is 5.94. The number of nitrogens with one attached hydrogen (secondary N) is 1. The predicted molar refractivity (Wildman–Crippen MR) is 74.1 cm³/mol. The van der Waals surface area contributed by atoms with Crippen molar-refractivity contribution in [3.63, 3.8) is 0 Å². The van der Waals surface area contributed by atoms with Gasteiger partial charge in [-0.15, -0.1) is 0 Å². The number of nitrogens with zero attached hydrogens (tertiary/aromatic N) is 1. The minimum atomic E-state index is -0.393. The van der Waals surface area contributed by atoms with Crippen LogP contribution in [-0.4, -0.2) is 18.1 Å². The summed E-state index contributed by atoms with van der Waals surface area (Å²) in [6, 6.07) is 13.4. The van der Waals surface area contributed by atoms with Gasteiger partial charge in [0.1, 0.15) is 11.4 Å². The predicted octanol–water partition coefficient (Wildman–Crippen LogP) is 3.04. The highest BCUT2D eigenvalue weighted by atomic mass is 16.5. The molecular weight excluding hydrogens is 240 g/mol. The van der Waals surface area contributed by atoms with Crippen LogP contribution in [0.2, 0.25) is 0 Å². The van der Waals surface area contributed by atoms with Gasteiger partial charge in [-0.3, -0.25) is 0 Å². The molecule has 1 aromatic carbocycles. The molecule has 98 valence electrons. The first kappa shape index (κ1) is 13.1. The Kier molecular flexibility index (Phi) is 4.13. The fraction of sp³-hybridized carbons (Fsp3) is 0.200. The maximum Gasteiger partial charge on any atom is 0.341 e. The van der Waals surface area contributed by atoms with Crippen LogP contribution < -0.4 is 5.32 Å². The molecule has 0 bridgehead atoms. The van der Waals surface area contributed by atoms with Crippen LogP contribution in [0.1, 0.15) is 28.9 Å². The van der Waals surface area contributed by atoms with Gasteiger partial charge in [-0.05, 0) is 24.6 Å². The summed E-state index contributed by atoms with van der Waals surface area (Å²) in [5, 5.41) is 3.23. The smallest absolute Gasteiger partial charge is 0.341 e. The van der Waals surface area contributed by atoms with E-state index in [0.717, 1.165) is 5.56 Å². The number of esters is 1. The third-order valence-corrected chi connectivity index (χ3v) is 2.87. The number of rotatable bonds is 4. The Balaban J connectivity index is 2.22. The lowest BCUT2D eigenvalue weighted by Gasteiger charge is -2.16. The van der Waals surface area contributed by atoms with Gasteiger partial charge in [0.15, 0.2) is 0 Å². The molecule has 0 radical (unpaired) electrons. The fourth-order valence-electron chi connectivity index (χ4n) is 1.83. The molecule has 2 aromatic rings. The van der Waals surface area contributed by atoms with Crippen LogP contribution in [0.5, 0.6) is 0 Å². The van der Waals surface area contributed by atoms with E-state index in [9.17, 15) is 4.79 Å². The fourth-order valence-corrected chi connectivity index (χ4v) is 1.83. The van der Waals surface area contributed by atoms with E-state index in [1.807, 2.05) is 37.3 Å². The lowest BCUT2D eigenvalue weighted by molar-refractivity contribution is 0.0601. The molecule has 0 aliphatic rings. The van der Waals surface area contributed by atoms with Crippen LogP contribution in [0, 0.1) is 0 Å². The van der Waals surface area contributed by atoms with Crippen molar-refractivity contribution in [3.05, 3.63) is 59.8 Å². The lowest BCUT2D eigenvalue weighted by atomic mass is 10.1. The maximum absolute atomic E-state index is 11.7. The second-order valence-corrected chi connectivity index (χ2v) is 4.17. The average molecular weight is 256 g/mol. The van der Waals surface area contributed by atoms with E-state index < -0.39 is 5.97 Å². The van der Waals surface area contributed by atoms with Crippen molar-refractivity contribution in [2.45, 2.75) is 13.0 Å². The summed E-state index contributed by atoms with van der Waals surface area (Å²) < 4.78 is 4.75. The molecule has 1 N–H and O–H groups in total. The van der Waals surface area contributed by atoms with Crippen LogP contribution in [0.4, 0.5) is 5.82 Å². The molecule has 2 rings (SSSR count). The highest BCUT2D eigenvalue weighted by Gasteiger charge is 2.14. The summed E-state index contributed by atoms with van der Waals surface area (Å²) in [6.45, 7) is 2.02. The number of hydrogen-bond donors (Lipinski definition) is 1. The van der Waals surface area contributed by atoms with E-state index in [1.54, 1.807) is 18.3 Å². The number of carbonyl (C=O) groups is 1. The van der Waals surface area contributed by atoms with Gasteiger partial charge in [-0.2, -0.15) is 0 Å². The van der Waals surface area contributed by atoms with Crippen molar-refractivity contribution in [1.82, 2.24) is 4.98 Å². The minimum absolute atomic E-state index is 0.0551. The number of ether oxygens (including phenoxy) is 1. The molecule has 0 aliphatic carbocycles. The van der Waals surface area contributed by atoms with Crippen LogP contribution in [-0.2, 0) is 4.74 Å². The average Bonchev–Trinajstić information content (AvgIpc) is 2.48. The van der Waals surface area contributed by atoms with Crippen molar-refractivity contribution in [1.29, 1.82) is 0 Å². The summed E-state index contributed by atoms with van der Waals surface area (Å²) in [4.78, 5) is 15.9. The number of carbonyl (C=O) groups excluding carboxylic acids is 1. The van der Waals surface area contributed by atoms with Gasteiger partial charge in [0, 0.05) is 12.2 Å². The molecule has 0 saturated heterocycles. The van der Waals surface area contributed by atoms with Gasteiger partial charge in [0.2, 0.25) is 0 Å². The van der Waals surface area contributed by atoms with E-state index in [-0.39, 0.29) is 6.04 Å². The molecule has 0 aliphatic heterocycles. The molecule has 0 saturated carbocycles. The van der Waals surface area contributed by atoms with Crippen molar-refractivity contribution in [3.8, 4) is 0 Å². The van der Waals surface area contributed by atoms with Crippen LogP contribution >= 0.6 is 0 Å².